The van der Waals surface area contributed by atoms with Crippen LogP contribution in [0.5, 0.6) is 0 Å². The van der Waals surface area contributed by atoms with Crippen molar-refractivity contribution in [2.45, 2.75) is 64.8 Å². The summed E-state index contributed by atoms with van der Waals surface area (Å²) in [7, 11) is -1.88. The maximum absolute atomic E-state index is 12.5. The quantitative estimate of drug-likeness (QED) is 0.642. The summed E-state index contributed by atoms with van der Waals surface area (Å²) in [5.41, 5.74) is -0.682. The molecular formula is C14H28F3NO3S. The molecule has 0 amide bonds. The summed E-state index contributed by atoms with van der Waals surface area (Å²) in [5, 5.41) is 0. The number of sulfonamides is 1. The van der Waals surface area contributed by atoms with Gasteiger partial charge in [-0.3, -0.25) is 0 Å². The second-order valence-corrected chi connectivity index (χ2v) is 8.43. The third-order valence-corrected chi connectivity index (χ3v) is 5.37. The summed E-state index contributed by atoms with van der Waals surface area (Å²) in [4.78, 5) is 0. The summed E-state index contributed by atoms with van der Waals surface area (Å²) in [6.07, 6.45) is -3.16. The molecule has 0 saturated heterocycles. The Labute approximate surface area is 132 Å². The van der Waals surface area contributed by atoms with E-state index >= 15 is 0 Å². The Morgan fingerprint density at radius 1 is 1.23 bits per heavy atom. The predicted octanol–water partition coefficient (Wildman–Crippen LogP) is 3.43. The number of hydrogen-bond donors (Lipinski definition) is 0. The zero-order valence-electron chi connectivity index (χ0n) is 14.2. The van der Waals surface area contributed by atoms with Crippen LogP contribution in [0.4, 0.5) is 13.2 Å². The standard InChI is InChI=1S/C14H28F3NO3S/c1-7-8-12(10-21-11(2)14(15,16)17)9-13(3,4)18(5)22(6,19)20/h11-12H,7-10H2,1-6H3/t11-,12?/m1/s1. The molecule has 0 aliphatic heterocycles. The van der Waals surface area contributed by atoms with E-state index in [1.807, 2.05) is 6.92 Å². The second kappa shape index (κ2) is 7.97. The lowest BCUT2D eigenvalue weighted by atomic mass is 9.88. The number of alkyl halides is 3. The van der Waals surface area contributed by atoms with E-state index in [2.05, 4.69) is 0 Å². The molecule has 1 unspecified atom stereocenters. The van der Waals surface area contributed by atoms with Crippen LogP contribution < -0.4 is 0 Å². The van der Waals surface area contributed by atoms with Gasteiger partial charge in [-0.1, -0.05) is 13.3 Å². The number of ether oxygens (including phenoxy) is 1. The SMILES string of the molecule is CCCC(CO[C@H](C)C(F)(F)F)CC(C)(C)N(C)S(C)(=O)=O. The maximum atomic E-state index is 12.5. The molecule has 0 N–H and O–H groups in total. The molecule has 0 saturated carbocycles. The van der Waals surface area contributed by atoms with Crippen LogP contribution in [0.2, 0.25) is 0 Å². The van der Waals surface area contributed by atoms with Gasteiger partial charge >= 0.3 is 6.18 Å². The van der Waals surface area contributed by atoms with Gasteiger partial charge in [0.15, 0.2) is 6.10 Å². The lowest BCUT2D eigenvalue weighted by Gasteiger charge is -2.37. The average molecular weight is 347 g/mol. The van der Waals surface area contributed by atoms with Gasteiger partial charge in [-0.2, -0.15) is 17.5 Å². The molecule has 0 radical (unpaired) electrons. The fourth-order valence-corrected chi connectivity index (χ4v) is 3.28. The monoisotopic (exact) mass is 347 g/mol. The highest BCUT2D eigenvalue weighted by atomic mass is 32.2. The van der Waals surface area contributed by atoms with Crippen LogP contribution in [0.1, 0.15) is 47.0 Å². The van der Waals surface area contributed by atoms with Crippen molar-refractivity contribution in [3.63, 3.8) is 0 Å². The highest BCUT2D eigenvalue weighted by Crippen LogP contribution is 2.29. The smallest absolute Gasteiger partial charge is 0.369 e. The largest absolute Gasteiger partial charge is 0.414 e. The number of hydrogen-bond acceptors (Lipinski definition) is 3. The lowest BCUT2D eigenvalue weighted by molar-refractivity contribution is -0.217. The van der Waals surface area contributed by atoms with Gasteiger partial charge in [0.05, 0.1) is 12.9 Å². The van der Waals surface area contributed by atoms with Crippen LogP contribution in [-0.2, 0) is 14.8 Å². The van der Waals surface area contributed by atoms with Gasteiger partial charge in [0, 0.05) is 12.6 Å². The number of nitrogens with zero attached hydrogens (tertiary/aromatic N) is 1. The number of halogens is 3. The third-order valence-electron chi connectivity index (χ3n) is 3.88. The molecule has 0 aromatic heterocycles. The Bertz CT molecular complexity index is 435. The van der Waals surface area contributed by atoms with E-state index in [1.54, 1.807) is 13.8 Å². The molecule has 0 bridgehead atoms. The van der Waals surface area contributed by atoms with Crippen molar-refractivity contribution in [2.75, 3.05) is 19.9 Å². The minimum Gasteiger partial charge on any atom is -0.369 e. The molecule has 0 fully saturated rings. The summed E-state index contributed by atoms with van der Waals surface area (Å²) in [6, 6.07) is 0. The van der Waals surface area contributed by atoms with Crippen LogP contribution in [0.3, 0.4) is 0 Å². The van der Waals surface area contributed by atoms with Gasteiger partial charge in [0.1, 0.15) is 0 Å². The Morgan fingerprint density at radius 2 is 1.73 bits per heavy atom. The van der Waals surface area contributed by atoms with E-state index in [1.165, 1.54) is 11.4 Å². The van der Waals surface area contributed by atoms with Crippen molar-refractivity contribution < 1.29 is 26.3 Å². The minimum atomic E-state index is -4.38. The normalized spacial score (nSPS) is 16.8. The number of rotatable bonds is 9. The molecule has 0 aliphatic carbocycles. The topological polar surface area (TPSA) is 46.6 Å². The first-order chi connectivity index (χ1) is 9.71. The van der Waals surface area contributed by atoms with Gasteiger partial charge in [0.2, 0.25) is 10.0 Å². The second-order valence-electron chi connectivity index (χ2n) is 6.42. The Balaban J connectivity index is 4.84. The van der Waals surface area contributed by atoms with Crippen LogP contribution in [-0.4, -0.2) is 50.5 Å². The van der Waals surface area contributed by atoms with Gasteiger partial charge in [-0.25, -0.2) is 8.42 Å². The molecule has 0 rings (SSSR count). The molecular weight excluding hydrogens is 319 g/mol. The molecule has 0 heterocycles. The van der Waals surface area contributed by atoms with Crippen molar-refractivity contribution in [1.82, 2.24) is 4.31 Å². The predicted molar refractivity (Wildman–Crippen MR) is 81.2 cm³/mol. The first kappa shape index (κ1) is 21.7. The van der Waals surface area contributed by atoms with Crippen LogP contribution in [0.25, 0.3) is 0 Å². The van der Waals surface area contributed by atoms with Gasteiger partial charge in [-0.15, -0.1) is 0 Å². The van der Waals surface area contributed by atoms with Crippen molar-refractivity contribution in [3.8, 4) is 0 Å². The average Bonchev–Trinajstić information content (AvgIpc) is 2.32. The van der Waals surface area contributed by atoms with Crippen molar-refractivity contribution in [1.29, 1.82) is 0 Å². The van der Waals surface area contributed by atoms with Gasteiger partial charge < -0.3 is 4.74 Å². The lowest BCUT2D eigenvalue weighted by Crippen LogP contribution is -2.46. The van der Waals surface area contributed by atoms with E-state index in [4.69, 9.17) is 4.74 Å². The fourth-order valence-electron chi connectivity index (χ4n) is 2.31. The van der Waals surface area contributed by atoms with Crippen molar-refractivity contribution >= 4 is 10.0 Å². The molecule has 22 heavy (non-hydrogen) atoms. The zero-order chi connectivity index (χ0) is 17.8. The Morgan fingerprint density at radius 3 is 2.09 bits per heavy atom. The van der Waals surface area contributed by atoms with E-state index in [0.29, 0.717) is 12.8 Å². The highest BCUT2D eigenvalue weighted by Gasteiger charge is 2.38. The first-order valence-electron chi connectivity index (χ1n) is 7.34. The molecule has 2 atom stereocenters. The first-order valence-corrected chi connectivity index (χ1v) is 9.19. The van der Waals surface area contributed by atoms with Crippen LogP contribution in [0, 0.1) is 5.92 Å². The summed E-state index contributed by atoms with van der Waals surface area (Å²) in [6.45, 7) is 6.42. The van der Waals surface area contributed by atoms with Crippen LogP contribution >= 0.6 is 0 Å². The summed E-state index contributed by atoms with van der Waals surface area (Å²) < 4.78 is 67.0. The van der Waals surface area contributed by atoms with E-state index in [0.717, 1.165) is 19.6 Å². The Hall–Kier alpha value is -0.340. The van der Waals surface area contributed by atoms with Gasteiger partial charge in [-0.05, 0) is 39.5 Å². The van der Waals surface area contributed by atoms with E-state index in [-0.39, 0.29) is 12.5 Å². The summed E-state index contributed by atoms with van der Waals surface area (Å²) in [5.74, 6) is -0.131. The van der Waals surface area contributed by atoms with Crippen molar-refractivity contribution in [2.24, 2.45) is 5.92 Å². The molecule has 8 heteroatoms. The zero-order valence-corrected chi connectivity index (χ0v) is 15.0. The molecule has 0 aliphatic rings. The Kier molecular flexibility index (Phi) is 7.84. The van der Waals surface area contributed by atoms with E-state index < -0.39 is 27.8 Å². The van der Waals surface area contributed by atoms with E-state index in [9.17, 15) is 21.6 Å². The third kappa shape index (κ3) is 7.28. The van der Waals surface area contributed by atoms with Gasteiger partial charge in [0.25, 0.3) is 0 Å². The van der Waals surface area contributed by atoms with Crippen LogP contribution in [0.15, 0.2) is 0 Å². The molecule has 0 aromatic rings. The molecule has 0 spiro atoms. The highest BCUT2D eigenvalue weighted by molar-refractivity contribution is 7.88. The van der Waals surface area contributed by atoms with Crippen molar-refractivity contribution in [3.05, 3.63) is 0 Å². The minimum absolute atomic E-state index is 0.0322. The molecule has 4 nitrogen and oxygen atoms in total. The molecule has 0 aromatic carbocycles. The fraction of sp³-hybridized carbons (Fsp3) is 1.00. The summed E-state index contributed by atoms with van der Waals surface area (Å²) >= 11 is 0. The maximum Gasteiger partial charge on any atom is 0.414 e. The molecule has 134 valence electrons.